The maximum Gasteiger partial charge on any atom is 0.242 e. The summed E-state index contributed by atoms with van der Waals surface area (Å²) in [6, 6.07) is 8.21. The van der Waals surface area contributed by atoms with Gasteiger partial charge in [-0.05, 0) is 17.7 Å². The largest absolute Gasteiger partial charge is 0.339 e. The highest BCUT2D eigenvalue weighted by atomic mass is 79.9. The molecule has 0 saturated carbocycles. The predicted octanol–water partition coefficient (Wildman–Crippen LogP) is 1.24. The SMILES string of the molecule is O=C(CN1C(=O)CCC1=O)N1CCN(Cc2cccc(Br)c2)CC1. The van der Waals surface area contributed by atoms with Crippen LogP contribution in [0.4, 0.5) is 0 Å². The lowest BCUT2D eigenvalue weighted by atomic mass is 10.2. The van der Waals surface area contributed by atoms with E-state index < -0.39 is 0 Å². The highest BCUT2D eigenvalue weighted by molar-refractivity contribution is 9.10. The fourth-order valence-electron chi connectivity index (χ4n) is 3.08. The molecule has 3 rings (SSSR count). The number of amides is 3. The van der Waals surface area contributed by atoms with Gasteiger partial charge in [-0.3, -0.25) is 24.2 Å². The van der Waals surface area contributed by atoms with Crippen molar-refractivity contribution < 1.29 is 14.4 Å². The summed E-state index contributed by atoms with van der Waals surface area (Å²) < 4.78 is 1.06. The molecule has 0 spiro atoms. The van der Waals surface area contributed by atoms with E-state index in [2.05, 4.69) is 33.0 Å². The molecule has 2 heterocycles. The van der Waals surface area contributed by atoms with Crippen LogP contribution < -0.4 is 0 Å². The molecule has 7 heteroatoms. The molecule has 0 atom stereocenters. The molecule has 0 unspecified atom stereocenters. The Hall–Kier alpha value is -1.73. The molecular weight excluding hydrogens is 374 g/mol. The summed E-state index contributed by atoms with van der Waals surface area (Å²) in [5.41, 5.74) is 1.23. The van der Waals surface area contributed by atoms with Gasteiger partial charge in [-0.1, -0.05) is 28.1 Å². The Morgan fingerprint density at radius 1 is 1.04 bits per heavy atom. The molecule has 2 saturated heterocycles. The van der Waals surface area contributed by atoms with Crippen molar-refractivity contribution in [3.63, 3.8) is 0 Å². The molecule has 24 heavy (non-hydrogen) atoms. The van der Waals surface area contributed by atoms with E-state index in [1.54, 1.807) is 4.90 Å². The minimum absolute atomic E-state index is 0.108. The highest BCUT2D eigenvalue weighted by Crippen LogP contribution is 2.15. The number of hydrogen-bond donors (Lipinski definition) is 0. The molecule has 1 aromatic rings. The number of imide groups is 1. The number of rotatable bonds is 4. The maximum absolute atomic E-state index is 12.3. The van der Waals surface area contributed by atoms with Crippen molar-refractivity contribution >= 4 is 33.7 Å². The van der Waals surface area contributed by atoms with Gasteiger partial charge in [0.2, 0.25) is 17.7 Å². The van der Waals surface area contributed by atoms with Gasteiger partial charge >= 0.3 is 0 Å². The van der Waals surface area contributed by atoms with E-state index in [0.717, 1.165) is 29.0 Å². The summed E-state index contributed by atoms with van der Waals surface area (Å²) in [7, 11) is 0. The summed E-state index contributed by atoms with van der Waals surface area (Å²) >= 11 is 3.48. The third-order valence-corrected chi connectivity index (χ3v) is 4.96. The summed E-state index contributed by atoms with van der Waals surface area (Å²) in [5.74, 6) is -0.607. The first kappa shape index (κ1) is 17.1. The van der Waals surface area contributed by atoms with Crippen LogP contribution in [-0.2, 0) is 20.9 Å². The topological polar surface area (TPSA) is 60.9 Å². The standard InChI is InChI=1S/C17H20BrN3O3/c18-14-3-1-2-13(10-14)11-19-6-8-20(9-7-19)17(24)12-21-15(22)4-5-16(21)23/h1-3,10H,4-9,11-12H2. The van der Waals surface area contributed by atoms with Crippen molar-refractivity contribution in [2.24, 2.45) is 0 Å². The van der Waals surface area contributed by atoms with Crippen molar-refractivity contribution in [1.82, 2.24) is 14.7 Å². The van der Waals surface area contributed by atoms with E-state index in [4.69, 9.17) is 0 Å². The number of benzene rings is 1. The number of carbonyl (C=O) groups excluding carboxylic acids is 3. The molecule has 128 valence electrons. The van der Waals surface area contributed by atoms with Crippen molar-refractivity contribution in [3.8, 4) is 0 Å². The highest BCUT2D eigenvalue weighted by Gasteiger charge is 2.32. The van der Waals surface area contributed by atoms with Gasteiger partial charge in [-0.2, -0.15) is 0 Å². The average Bonchev–Trinajstić information content (AvgIpc) is 2.87. The molecule has 2 aliphatic heterocycles. The Morgan fingerprint density at radius 2 is 1.71 bits per heavy atom. The van der Waals surface area contributed by atoms with E-state index in [1.165, 1.54) is 5.56 Å². The number of carbonyl (C=O) groups is 3. The Bertz CT molecular complexity index is 640. The Labute approximate surface area is 149 Å². The van der Waals surface area contributed by atoms with Gasteiger partial charge in [0.05, 0.1) is 0 Å². The van der Waals surface area contributed by atoms with Gasteiger partial charge in [0.25, 0.3) is 0 Å². The minimum Gasteiger partial charge on any atom is -0.339 e. The van der Waals surface area contributed by atoms with Crippen molar-refractivity contribution in [3.05, 3.63) is 34.3 Å². The smallest absolute Gasteiger partial charge is 0.242 e. The first-order valence-corrected chi connectivity index (χ1v) is 8.90. The first-order valence-electron chi connectivity index (χ1n) is 8.11. The molecule has 2 fully saturated rings. The maximum atomic E-state index is 12.3. The number of hydrogen-bond acceptors (Lipinski definition) is 4. The number of halogens is 1. The molecule has 2 aliphatic rings. The number of likely N-dealkylation sites (tertiary alicyclic amines) is 1. The van der Waals surface area contributed by atoms with Crippen molar-refractivity contribution in [1.29, 1.82) is 0 Å². The van der Waals surface area contributed by atoms with Gasteiger partial charge in [0.15, 0.2) is 0 Å². The summed E-state index contributed by atoms with van der Waals surface area (Å²) in [6.45, 7) is 3.58. The first-order chi connectivity index (χ1) is 11.5. The van der Waals surface area contributed by atoms with Crippen LogP contribution in [0.3, 0.4) is 0 Å². The molecule has 1 aromatic carbocycles. The third-order valence-electron chi connectivity index (χ3n) is 4.47. The molecule has 3 amide bonds. The van der Waals surface area contributed by atoms with E-state index >= 15 is 0 Å². The van der Waals surface area contributed by atoms with E-state index in [1.807, 2.05) is 12.1 Å². The van der Waals surface area contributed by atoms with Crippen LogP contribution in [0.25, 0.3) is 0 Å². The molecule has 0 bridgehead atoms. The van der Waals surface area contributed by atoms with E-state index in [-0.39, 0.29) is 37.1 Å². The average molecular weight is 394 g/mol. The minimum atomic E-state index is -0.235. The van der Waals surface area contributed by atoms with Gasteiger partial charge < -0.3 is 4.90 Å². The lowest BCUT2D eigenvalue weighted by Gasteiger charge is -2.35. The normalized spacial score (nSPS) is 19.2. The number of nitrogens with zero attached hydrogens (tertiary/aromatic N) is 3. The molecule has 0 radical (unpaired) electrons. The fourth-order valence-corrected chi connectivity index (χ4v) is 3.53. The predicted molar refractivity (Wildman–Crippen MR) is 92.0 cm³/mol. The van der Waals surface area contributed by atoms with Gasteiger partial charge in [-0.25, -0.2) is 0 Å². The molecule has 0 aromatic heterocycles. The monoisotopic (exact) mass is 393 g/mol. The Kier molecular flexibility index (Phi) is 5.30. The second-order valence-corrected chi connectivity index (χ2v) is 7.08. The van der Waals surface area contributed by atoms with E-state index in [9.17, 15) is 14.4 Å². The summed E-state index contributed by atoms with van der Waals surface area (Å²) in [6.07, 6.45) is 0.457. The number of piperazine rings is 1. The van der Waals surface area contributed by atoms with Crippen LogP contribution in [0.2, 0.25) is 0 Å². The van der Waals surface area contributed by atoms with Gasteiger partial charge in [-0.15, -0.1) is 0 Å². The van der Waals surface area contributed by atoms with Crippen LogP contribution in [0.1, 0.15) is 18.4 Å². The van der Waals surface area contributed by atoms with Crippen molar-refractivity contribution in [2.45, 2.75) is 19.4 Å². The van der Waals surface area contributed by atoms with Crippen LogP contribution in [0.5, 0.6) is 0 Å². The molecule has 6 nitrogen and oxygen atoms in total. The van der Waals surface area contributed by atoms with Gasteiger partial charge in [0.1, 0.15) is 6.54 Å². The van der Waals surface area contributed by atoms with Crippen LogP contribution in [0.15, 0.2) is 28.7 Å². The third kappa shape index (κ3) is 4.02. The fraction of sp³-hybridized carbons (Fsp3) is 0.471. The van der Waals surface area contributed by atoms with Crippen molar-refractivity contribution in [2.75, 3.05) is 32.7 Å². The quantitative estimate of drug-likeness (QED) is 0.722. The lowest BCUT2D eigenvalue weighted by Crippen LogP contribution is -2.51. The molecular formula is C17H20BrN3O3. The lowest BCUT2D eigenvalue weighted by molar-refractivity contribution is -0.146. The second kappa shape index (κ2) is 7.44. The van der Waals surface area contributed by atoms with E-state index in [0.29, 0.717) is 13.1 Å². The summed E-state index contributed by atoms with van der Waals surface area (Å²) in [4.78, 5) is 40.7. The van der Waals surface area contributed by atoms with Crippen LogP contribution in [0, 0.1) is 0 Å². The summed E-state index contributed by atoms with van der Waals surface area (Å²) in [5, 5.41) is 0. The van der Waals surface area contributed by atoms with Crippen LogP contribution >= 0.6 is 15.9 Å². The van der Waals surface area contributed by atoms with Gasteiger partial charge in [0, 0.05) is 50.0 Å². The zero-order valence-electron chi connectivity index (χ0n) is 13.4. The zero-order valence-corrected chi connectivity index (χ0v) is 15.0. The molecule has 0 aliphatic carbocycles. The molecule has 0 N–H and O–H groups in total. The zero-order chi connectivity index (χ0) is 17.1. The Morgan fingerprint density at radius 3 is 2.33 bits per heavy atom. The Balaban J connectivity index is 1.48. The second-order valence-electron chi connectivity index (χ2n) is 6.16. The van der Waals surface area contributed by atoms with Crippen LogP contribution in [-0.4, -0.2) is 65.1 Å².